The second-order valence-electron chi connectivity index (χ2n) is 5.87. The van der Waals surface area contributed by atoms with Gasteiger partial charge in [-0.3, -0.25) is 5.32 Å². The van der Waals surface area contributed by atoms with Crippen LogP contribution in [0.3, 0.4) is 0 Å². The molecule has 0 aliphatic carbocycles. The van der Waals surface area contributed by atoms with E-state index in [2.05, 4.69) is 5.32 Å². The Morgan fingerprint density at radius 3 is 2.23 bits per heavy atom. The lowest BCUT2D eigenvalue weighted by Crippen LogP contribution is -2.27. The Kier molecular flexibility index (Phi) is 4.62. The summed E-state index contributed by atoms with van der Waals surface area (Å²) in [6, 6.07) is 12.3. The second-order valence-corrected chi connectivity index (χ2v) is 6.28. The first kappa shape index (κ1) is 16.2. The van der Waals surface area contributed by atoms with Crippen LogP contribution >= 0.6 is 11.6 Å². The average Bonchev–Trinajstić information content (AvgIpc) is 2.40. The number of rotatable bonds is 2. The van der Waals surface area contributed by atoms with Crippen LogP contribution in [0.1, 0.15) is 20.8 Å². The van der Waals surface area contributed by atoms with E-state index in [-0.39, 0.29) is 5.75 Å². The number of hydrogen-bond donors (Lipinski definition) is 2. The van der Waals surface area contributed by atoms with Crippen molar-refractivity contribution in [3.63, 3.8) is 0 Å². The zero-order valence-corrected chi connectivity index (χ0v) is 13.4. The molecule has 2 aromatic carbocycles. The molecule has 0 bridgehead atoms. The number of phenolic OH excluding ortho intramolecular Hbond substituents is 1. The third-order valence-electron chi connectivity index (χ3n) is 2.81. The Balaban J connectivity index is 2.10. The summed E-state index contributed by atoms with van der Waals surface area (Å²) >= 11 is 5.79. The maximum atomic E-state index is 11.7. The minimum Gasteiger partial charge on any atom is -0.506 e. The molecule has 0 saturated heterocycles. The van der Waals surface area contributed by atoms with E-state index < -0.39 is 11.7 Å². The molecule has 5 heteroatoms. The molecule has 0 saturated carbocycles. The molecule has 116 valence electrons. The number of aromatic hydroxyl groups is 1. The van der Waals surface area contributed by atoms with Crippen LogP contribution in [-0.4, -0.2) is 16.8 Å². The molecule has 2 aromatic rings. The van der Waals surface area contributed by atoms with Crippen LogP contribution in [0.4, 0.5) is 10.5 Å². The molecular weight excluding hydrogens is 302 g/mol. The molecule has 0 atom stereocenters. The fraction of sp³-hybridized carbons (Fsp3) is 0.235. The Labute approximate surface area is 134 Å². The van der Waals surface area contributed by atoms with Gasteiger partial charge in [0.15, 0.2) is 0 Å². The molecule has 0 aromatic heterocycles. The molecule has 1 amide bonds. The zero-order valence-electron chi connectivity index (χ0n) is 12.7. The number of benzene rings is 2. The third kappa shape index (κ3) is 4.40. The molecule has 0 aliphatic heterocycles. The minimum atomic E-state index is -0.537. The topological polar surface area (TPSA) is 58.6 Å². The van der Waals surface area contributed by atoms with E-state index in [0.29, 0.717) is 10.7 Å². The lowest BCUT2D eigenvalue weighted by atomic mass is 10.1. The fourth-order valence-electron chi connectivity index (χ4n) is 1.86. The highest BCUT2D eigenvalue weighted by atomic mass is 35.5. The van der Waals surface area contributed by atoms with Gasteiger partial charge in [-0.05, 0) is 56.2 Å². The van der Waals surface area contributed by atoms with E-state index in [9.17, 15) is 9.90 Å². The van der Waals surface area contributed by atoms with E-state index in [1.54, 1.807) is 24.3 Å². The summed E-state index contributed by atoms with van der Waals surface area (Å²) in [6.45, 7) is 5.42. The Morgan fingerprint density at radius 1 is 1.09 bits per heavy atom. The predicted molar refractivity (Wildman–Crippen MR) is 88.4 cm³/mol. The van der Waals surface area contributed by atoms with E-state index in [1.807, 2.05) is 39.0 Å². The summed E-state index contributed by atoms with van der Waals surface area (Å²) in [5.74, 6) is 0.0372. The Hall–Kier alpha value is -2.20. The van der Waals surface area contributed by atoms with Crippen molar-refractivity contribution in [2.75, 3.05) is 5.32 Å². The number of hydrogen-bond acceptors (Lipinski definition) is 3. The van der Waals surface area contributed by atoms with Crippen molar-refractivity contribution >= 4 is 23.4 Å². The quantitative estimate of drug-likeness (QED) is 0.813. The number of anilines is 1. The second kappa shape index (κ2) is 6.28. The highest BCUT2D eigenvalue weighted by Crippen LogP contribution is 2.30. The van der Waals surface area contributed by atoms with Crippen LogP contribution in [0.5, 0.6) is 5.75 Å². The zero-order chi connectivity index (χ0) is 16.3. The number of amides is 1. The summed E-state index contributed by atoms with van der Waals surface area (Å²) in [5.41, 5.74) is 1.84. The van der Waals surface area contributed by atoms with Crippen LogP contribution in [0.25, 0.3) is 11.1 Å². The largest absolute Gasteiger partial charge is 0.506 e. The van der Waals surface area contributed by atoms with Crippen molar-refractivity contribution in [1.82, 2.24) is 0 Å². The van der Waals surface area contributed by atoms with E-state index >= 15 is 0 Å². The first-order chi connectivity index (χ1) is 10.2. The number of nitrogens with one attached hydrogen (secondary N) is 1. The molecule has 0 unspecified atom stereocenters. The van der Waals surface area contributed by atoms with Crippen LogP contribution in [0.2, 0.25) is 5.02 Å². The van der Waals surface area contributed by atoms with Crippen LogP contribution in [-0.2, 0) is 4.74 Å². The van der Waals surface area contributed by atoms with Gasteiger partial charge in [0.1, 0.15) is 11.4 Å². The molecule has 0 heterocycles. The van der Waals surface area contributed by atoms with Gasteiger partial charge in [0, 0.05) is 5.69 Å². The maximum Gasteiger partial charge on any atom is 0.412 e. The normalized spacial score (nSPS) is 11.1. The van der Waals surface area contributed by atoms with Crippen molar-refractivity contribution in [2.24, 2.45) is 0 Å². The van der Waals surface area contributed by atoms with Gasteiger partial charge in [-0.15, -0.1) is 0 Å². The van der Waals surface area contributed by atoms with Gasteiger partial charge >= 0.3 is 6.09 Å². The SMILES string of the molecule is CC(C)(C)OC(=O)Nc1ccc(-c2ccc(Cl)c(O)c2)cc1. The van der Waals surface area contributed by atoms with Crippen molar-refractivity contribution in [1.29, 1.82) is 0 Å². The lowest BCUT2D eigenvalue weighted by molar-refractivity contribution is 0.0636. The van der Waals surface area contributed by atoms with Crippen molar-refractivity contribution in [2.45, 2.75) is 26.4 Å². The van der Waals surface area contributed by atoms with Gasteiger partial charge < -0.3 is 9.84 Å². The number of ether oxygens (including phenoxy) is 1. The Morgan fingerprint density at radius 2 is 1.68 bits per heavy atom. The summed E-state index contributed by atoms with van der Waals surface area (Å²) in [4.78, 5) is 11.7. The minimum absolute atomic E-state index is 0.0372. The number of carbonyl (C=O) groups is 1. The van der Waals surface area contributed by atoms with E-state index in [4.69, 9.17) is 16.3 Å². The lowest BCUT2D eigenvalue weighted by Gasteiger charge is -2.19. The Bertz CT molecular complexity index is 675. The van der Waals surface area contributed by atoms with Crippen LogP contribution in [0, 0.1) is 0 Å². The summed E-state index contributed by atoms with van der Waals surface area (Å²) in [5, 5.41) is 12.6. The van der Waals surface area contributed by atoms with Gasteiger partial charge in [-0.2, -0.15) is 0 Å². The van der Waals surface area contributed by atoms with Gasteiger partial charge in [0.25, 0.3) is 0 Å². The summed E-state index contributed by atoms with van der Waals surface area (Å²) in [7, 11) is 0. The van der Waals surface area contributed by atoms with E-state index in [0.717, 1.165) is 11.1 Å². The molecule has 4 nitrogen and oxygen atoms in total. The molecule has 0 aliphatic rings. The molecular formula is C17H18ClNO3. The van der Waals surface area contributed by atoms with Crippen molar-refractivity contribution in [3.05, 3.63) is 47.5 Å². The molecule has 2 rings (SSSR count). The molecule has 2 N–H and O–H groups in total. The summed E-state index contributed by atoms with van der Waals surface area (Å²) in [6.07, 6.45) is -0.496. The van der Waals surface area contributed by atoms with Gasteiger partial charge in [0.05, 0.1) is 5.02 Å². The smallest absolute Gasteiger partial charge is 0.412 e. The average molecular weight is 320 g/mol. The van der Waals surface area contributed by atoms with Crippen molar-refractivity contribution < 1.29 is 14.6 Å². The fourth-order valence-corrected chi connectivity index (χ4v) is 1.98. The molecule has 0 radical (unpaired) electrons. The first-order valence-corrected chi connectivity index (χ1v) is 7.21. The maximum absolute atomic E-state index is 11.7. The highest BCUT2D eigenvalue weighted by Gasteiger charge is 2.16. The number of carbonyl (C=O) groups excluding carboxylic acids is 1. The van der Waals surface area contributed by atoms with Gasteiger partial charge in [-0.1, -0.05) is 29.8 Å². The van der Waals surface area contributed by atoms with E-state index in [1.165, 1.54) is 0 Å². The third-order valence-corrected chi connectivity index (χ3v) is 3.13. The molecule has 0 spiro atoms. The monoisotopic (exact) mass is 319 g/mol. The number of halogens is 1. The predicted octanol–water partition coefficient (Wildman–Crippen LogP) is 5.06. The highest BCUT2D eigenvalue weighted by molar-refractivity contribution is 6.32. The number of phenols is 1. The molecule has 22 heavy (non-hydrogen) atoms. The molecule has 0 fully saturated rings. The first-order valence-electron chi connectivity index (χ1n) is 6.83. The van der Waals surface area contributed by atoms with Crippen molar-refractivity contribution in [3.8, 4) is 16.9 Å². The van der Waals surface area contributed by atoms with Gasteiger partial charge in [0.2, 0.25) is 0 Å². The van der Waals surface area contributed by atoms with Gasteiger partial charge in [-0.25, -0.2) is 4.79 Å². The van der Waals surface area contributed by atoms with Crippen LogP contribution < -0.4 is 5.32 Å². The standard InChI is InChI=1S/C17H18ClNO3/c1-17(2,3)22-16(21)19-13-7-4-11(5-8-13)12-6-9-14(18)15(20)10-12/h4-10,20H,1-3H3,(H,19,21). The summed E-state index contributed by atoms with van der Waals surface area (Å²) < 4.78 is 5.19. The van der Waals surface area contributed by atoms with Crippen LogP contribution in [0.15, 0.2) is 42.5 Å².